The molecule has 0 radical (unpaired) electrons. The summed E-state index contributed by atoms with van der Waals surface area (Å²) in [5, 5.41) is 19.0. The molecule has 3 heterocycles. The van der Waals surface area contributed by atoms with Gasteiger partial charge in [-0.25, -0.2) is 0 Å². The van der Waals surface area contributed by atoms with Crippen LogP contribution in [0.5, 0.6) is 5.75 Å². The molecule has 2 fully saturated rings. The monoisotopic (exact) mass is 443 g/mol. The number of ether oxygens (including phenoxy) is 2. The number of carbonyl (C=O) groups is 1. The summed E-state index contributed by atoms with van der Waals surface area (Å²) in [4.78, 5) is 14.8. The minimum Gasteiger partial charge on any atom is -0.490 e. The van der Waals surface area contributed by atoms with Crippen molar-refractivity contribution in [2.75, 3.05) is 19.6 Å². The number of nitrogens with one attached hydrogen (secondary N) is 2. The number of likely N-dealkylation sites (tertiary alicyclic amines) is 1. The third-order valence-electron chi connectivity index (χ3n) is 6.01. The van der Waals surface area contributed by atoms with Crippen molar-refractivity contribution >= 4 is 5.91 Å². The molecular weight excluding hydrogens is 418 g/mol. The Bertz CT molecular complexity index is 1150. The zero-order valence-corrected chi connectivity index (χ0v) is 18.1. The molecule has 3 aromatic rings. The fraction of sp³-hybridized carbons (Fsp3) is 0.320. The summed E-state index contributed by atoms with van der Waals surface area (Å²) in [6.07, 6.45) is 1.95. The molecule has 2 atom stereocenters. The minimum absolute atomic E-state index is 0.00440. The van der Waals surface area contributed by atoms with Crippen LogP contribution in [0.3, 0.4) is 0 Å². The average molecular weight is 444 g/mol. The van der Waals surface area contributed by atoms with E-state index in [9.17, 15) is 4.79 Å². The van der Waals surface area contributed by atoms with Crippen LogP contribution in [0.2, 0.25) is 0 Å². The molecule has 1 amide bonds. The van der Waals surface area contributed by atoms with Gasteiger partial charge in [-0.2, -0.15) is 10.4 Å². The SMILES string of the molecule is N#Cc1cccc(OC2CCN(C3O[C@@H]3CNC(=O)c3cc(-c4ccccc4)n[nH]3)CC2)c1. The van der Waals surface area contributed by atoms with E-state index in [1.165, 1.54) is 0 Å². The molecule has 2 aliphatic rings. The van der Waals surface area contributed by atoms with E-state index in [0.29, 0.717) is 17.8 Å². The molecule has 5 rings (SSSR count). The zero-order chi connectivity index (χ0) is 22.6. The highest BCUT2D eigenvalue weighted by molar-refractivity contribution is 5.93. The Labute approximate surface area is 192 Å². The lowest BCUT2D eigenvalue weighted by Gasteiger charge is -2.31. The minimum atomic E-state index is -0.189. The largest absolute Gasteiger partial charge is 0.490 e. The van der Waals surface area contributed by atoms with E-state index < -0.39 is 0 Å². The summed E-state index contributed by atoms with van der Waals surface area (Å²) in [5.41, 5.74) is 2.74. The van der Waals surface area contributed by atoms with E-state index in [4.69, 9.17) is 14.7 Å². The van der Waals surface area contributed by atoms with E-state index in [1.54, 1.807) is 18.2 Å². The molecule has 1 aromatic heterocycles. The highest BCUT2D eigenvalue weighted by Crippen LogP contribution is 2.29. The molecule has 2 aromatic carbocycles. The maximum absolute atomic E-state index is 12.5. The number of nitriles is 1. The van der Waals surface area contributed by atoms with Gasteiger partial charge < -0.3 is 14.8 Å². The Morgan fingerprint density at radius 1 is 1.18 bits per heavy atom. The summed E-state index contributed by atoms with van der Waals surface area (Å²) < 4.78 is 11.9. The number of H-pyrrole nitrogens is 1. The number of aromatic nitrogens is 2. The number of rotatable bonds is 7. The topological polar surface area (TPSA) is 107 Å². The Balaban J connectivity index is 1.05. The molecule has 0 saturated carbocycles. The fourth-order valence-corrected chi connectivity index (χ4v) is 4.17. The van der Waals surface area contributed by atoms with Gasteiger partial charge in [0.05, 0.1) is 17.3 Å². The van der Waals surface area contributed by atoms with Crippen molar-refractivity contribution in [2.45, 2.75) is 31.3 Å². The number of carbonyl (C=O) groups excluding carboxylic acids is 1. The Morgan fingerprint density at radius 3 is 2.79 bits per heavy atom. The van der Waals surface area contributed by atoms with Gasteiger partial charge in [0, 0.05) is 25.2 Å². The molecule has 2 saturated heterocycles. The molecule has 0 spiro atoms. The predicted molar refractivity (Wildman–Crippen MR) is 121 cm³/mol. The van der Waals surface area contributed by atoms with Gasteiger partial charge in [0.2, 0.25) is 0 Å². The maximum Gasteiger partial charge on any atom is 0.269 e. The predicted octanol–water partition coefficient (Wildman–Crippen LogP) is 2.95. The third-order valence-corrected chi connectivity index (χ3v) is 6.01. The molecule has 8 nitrogen and oxygen atoms in total. The number of aromatic amines is 1. The van der Waals surface area contributed by atoms with Crippen LogP contribution in [0.25, 0.3) is 11.3 Å². The van der Waals surface area contributed by atoms with Gasteiger partial charge in [0.15, 0.2) is 0 Å². The van der Waals surface area contributed by atoms with Crippen LogP contribution in [-0.4, -0.2) is 59.1 Å². The lowest BCUT2D eigenvalue weighted by Crippen LogP contribution is -2.41. The second-order valence-corrected chi connectivity index (χ2v) is 8.30. The molecule has 2 N–H and O–H groups in total. The lowest BCUT2D eigenvalue weighted by atomic mass is 10.1. The molecule has 33 heavy (non-hydrogen) atoms. The van der Waals surface area contributed by atoms with Crippen molar-refractivity contribution < 1.29 is 14.3 Å². The Hall–Kier alpha value is -3.67. The first-order chi connectivity index (χ1) is 16.2. The fourth-order valence-electron chi connectivity index (χ4n) is 4.17. The van der Waals surface area contributed by atoms with Gasteiger partial charge in [0.25, 0.3) is 5.91 Å². The second kappa shape index (κ2) is 9.45. The lowest BCUT2D eigenvalue weighted by molar-refractivity contribution is 0.0728. The molecule has 0 aliphatic carbocycles. The quantitative estimate of drug-likeness (QED) is 0.544. The zero-order valence-electron chi connectivity index (χ0n) is 18.1. The van der Waals surface area contributed by atoms with Gasteiger partial charge in [-0.05, 0) is 37.1 Å². The molecule has 1 unspecified atom stereocenters. The van der Waals surface area contributed by atoms with E-state index in [-0.39, 0.29) is 24.3 Å². The first-order valence-electron chi connectivity index (χ1n) is 11.1. The highest BCUT2D eigenvalue weighted by Gasteiger charge is 2.44. The van der Waals surface area contributed by atoms with E-state index in [1.807, 2.05) is 42.5 Å². The van der Waals surface area contributed by atoms with E-state index in [2.05, 4.69) is 26.5 Å². The number of amides is 1. The molecule has 168 valence electrons. The van der Waals surface area contributed by atoms with Crippen molar-refractivity contribution in [3.63, 3.8) is 0 Å². The number of hydrogen-bond acceptors (Lipinski definition) is 6. The van der Waals surface area contributed by atoms with Gasteiger partial charge in [0.1, 0.15) is 29.9 Å². The van der Waals surface area contributed by atoms with E-state index >= 15 is 0 Å². The van der Waals surface area contributed by atoms with Crippen LogP contribution in [0, 0.1) is 11.3 Å². The number of hydrogen-bond donors (Lipinski definition) is 2. The van der Waals surface area contributed by atoms with Crippen molar-refractivity contribution in [1.29, 1.82) is 5.26 Å². The summed E-state index contributed by atoms with van der Waals surface area (Å²) >= 11 is 0. The number of epoxide rings is 1. The first kappa shape index (κ1) is 21.2. The molecule has 8 heteroatoms. The molecule has 0 bridgehead atoms. The highest BCUT2D eigenvalue weighted by atomic mass is 16.6. The van der Waals surface area contributed by atoms with Gasteiger partial charge in [-0.1, -0.05) is 36.4 Å². The Kier molecular flexibility index (Phi) is 6.07. The number of benzene rings is 2. The van der Waals surface area contributed by atoms with Crippen LogP contribution in [-0.2, 0) is 4.74 Å². The van der Waals surface area contributed by atoms with Gasteiger partial charge >= 0.3 is 0 Å². The van der Waals surface area contributed by atoms with Crippen LogP contribution < -0.4 is 10.1 Å². The van der Waals surface area contributed by atoms with Crippen molar-refractivity contribution in [3.05, 3.63) is 71.9 Å². The van der Waals surface area contributed by atoms with Gasteiger partial charge in [-0.15, -0.1) is 0 Å². The molecule has 2 aliphatic heterocycles. The molecular formula is C25H25N5O3. The number of nitrogens with zero attached hydrogens (tertiary/aromatic N) is 3. The van der Waals surface area contributed by atoms with Crippen molar-refractivity contribution in [3.8, 4) is 23.1 Å². The number of piperidine rings is 1. The maximum atomic E-state index is 12.5. The Morgan fingerprint density at radius 2 is 2.00 bits per heavy atom. The summed E-state index contributed by atoms with van der Waals surface area (Å²) in [7, 11) is 0. The third kappa shape index (κ3) is 5.06. The summed E-state index contributed by atoms with van der Waals surface area (Å²) in [6.45, 7) is 2.21. The van der Waals surface area contributed by atoms with Crippen molar-refractivity contribution in [2.24, 2.45) is 0 Å². The second-order valence-electron chi connectivity index (χ2n) is 8.30. The van der Waals surface area contributed by atoms with Crippen LogP contribution in [0.1, 0.15) is 28.9 Å². The van der Waals surface area contributed by atoms with Gasteiger partial charge in [-0.3, -0.25) is 14.8 Å². The van der Waals surface area contributed by atoms with Crippen molar-refractivity contribution in [1.82, 2.24) is 20.4 Å². The summed E-state index contributed by atoms with van der Waals surface area (Å²) in [6, 6.07) is 20.9. The van der Waals surface area contributed by atoms with E-state index in [0.717, 1.165) is 42.9 Å². The summed E-state index contributed by atoms with van der Waals surface area (Å²) in [5.74, 6) is 0.552. The van der Waals surface area contributed by atoms with Crippen LogP contribution >= 0.6 is 0 Å². The van der Waals surface area contributed by atoms with Crippen LogP contribution in [0.15, 0.2) is 60.7 Å². The normalized spacial score (nSPS) is 20.7. The first-order valence-corrected chi connectivity index (χ1v) is 11.1. The average Bonchev–Trinajstić information content (AvgIpc) is 3.47. The smallest absolute Gasteiger partial charge is 0.269 e. The van der Waals surface area contributed by atoms with Crippen LogP contribution in [0.4, 0.5) is 0 Å². The standard InChI is InChI=1S/C25H25N5O3/c26-15-17-5-4-8-20(13-17)32-19-9-11-30(12-10-19)25-23(33-25)16-27-24(31)22-14-21(28-29-22)18-6-2-1-3-7-18/h1-8,13-14,19,23,25H,9-12,16H2,(H,27,31)(H,28,29)/t23-,25?/m1/s1.